The van der Waals surface area contributed by atoms with E-state index in [1.165, 1.54) is 12.1 Å². The number of rotatable bonds is 9. The lowest BCUT2D eigenvalue weighted by Gasteiger charge is -2.16. The molecular weight excluding hydrogens is 377 g/mol. The summed E-state index contributed by atoms with van der Waals surface area (Å²) >= 11 is 12.5. The Morgan fingerprint density at radius 2 is 1.88 bits per heavy atom. The van der Waals surface area contributed by atoms with Crippen molar-refractivity contribution >= 4 is 34.9 Å². The Labute approximate surface area is 162 Å². The average molecular weight is 398 g/mol. The summed E-state index contributed by atoms with van der Waals surface area (Å²) in [6.07, 6.45) is 0.865. The summed E-state index contributed by atoms with van der Waals surface area (Å²) in [7, 11) is 0. The van der Waals surface area contributed by atoms with Gasteiger partial charge in [-0.1, -0.05) is 30.1 Å². The number of hydrogen-bond acceptors (Lipinski definition) is 4. The smallest absolute Gasteiger partial charge is 0.335 e. The minimum Gasteiger partial charge on any atom is -0.490 e. The number of halogens is 2. The van der Waals surface area contributed by atoms with Crippen LogP contribution < -0.4 is 14.8 Å². The van der Waals surface area contributed by atoms with Crippen LogP contribution in [0.15, 0.2) is 30.3 Å². The highest BCUT2D eigenvalue weighted by molar-refractivity contribution is 6.33. The van der Waals surface area contributed by atoms with Gasteiger partial charge in [-0.3, -0.25) is 0 Å². The SMILES string of the molecule is CCCOc1c(Cl)cc(CNc2cc(C(=O)O)ccc2Cl)cc1OCC. The second-order valence-corrected chi connectivity index (χ2v) is 6.35. The Bertz CT molecular complexity index is 780. The largest absolute Gasteiger partial charge is 0.490 e. The maximum Gasteiger partial charge on any atom is 0.335 e. The topological polar surface area (TPSA) is 67.8 Å². The predicted octanol–water partition coefficient (Wildman–Crippen LogP) is 5.49. The molecule has 0 bridgehead atoms. The molecule has 0 aliphatic heterocycles. The van der Waals surface area contributed by atoms with Gasteiger partial charge in [0.15, 0.2) is 11.5 Å². The molecule has 0 aliphatic rings. The fourth-order valence-corrected chi connectivity index (χ4v) is 2.79. The number of ether oxygens (including phenoxy) is 2. The van der Waals surface area contributed by atoms with E-state index >= 15 is 0 Å². The van der Waals surface area contributed by atoms with Gasteiger partial charge >= 0.3 is 5.97 Å². The Kier molecular flexibility index (Phi) is 7.42. The number of carboxylic acid groups (broad SMARTS) is 1. The van der Waals surface area contributed by atoms with Gasteiger partial charge in [0.25, 0.3) is 0 Å². The first-order valence-electron chi connectivity index (χ1n) is 8.31. The summed E-state index contributed by atoms with van der Waals surface area (Å²) in [5, 5.41) is 13.1. The molecule has 2 rings (SSSR count). The third-order valence-corrected chi connectivity index (χ3v) is 4.13. The van der Waals surface area contributed by atoms with Gasteiger partial charge in [0, 0.05) is 6.54 Å². The van der Waals surface area contributed by atoms with Gasteiger partial charge in [0.05, 0.1) is 34.5 Å². The van der Waals surface area contributed by atoms with E-state index in [0.29, 0.717) is 47.0 Å². The summed E-state index contributed by atoms with van der Waals surface area (Å²) in [4.78, 5) is 11.1. The summed E-state index contributed by atoms with van der Waals surface area (Å²) < 4.78 is 11.3. The van der Waals surface area contributed by atoms with Gasteiger partial charge in [0.1, 0.15) is 0 Å². The molecule has 7 heteroatoms. The summed E-state index contributed by atoms with van der Waals surface area (Å²) in [6, 6.07) is 8.14. The van der Waals surface area contributed by atoms with Crippen LogP contribution in [-0.2, 0) is 6.54 Å². The van der Waals surface area contributed by atoms with Crippen LogP contribution in [0.2, 0.25) is 10.0 Å². The molecule has 26 heavy (non-hydrogen) atoms. The first-order chi connectivity index (χ1) is 12.5. The van der Waals surface area contributed by atoms with Crippen molar-refractivity contribution in [3.8, 4) is 11.5 Å². The lowest BCUT2D eigenvalue weighted by atomic mass is 10.1. The highest BCUT2D eigenvalue weighted by Gasteiger charge is 2.13. The van der Waals surface area contributed by atoms with E-state index in [1.807, 2.05) is 19.9 Å². The molecule has 2 N–H and O–H groups in total. The van der Waals surface area contributed by atoms with Crippen molar-refractivity contribution in [3.63, 3.8) is 0 Å². The van der Waals surface area contributed by atoms with Gasteiger partial charge in [0.2, 0.25) is 0 Å². The molecule has 0 spiro atoms. The van der Waals surface area contributed by atoms with E-state index in [1.54, 1.807) is 12.1 Å². The normalized spacial score (nSPS) is 10.5. The number of benzene rings is 2. The number of aromatic carboxylic acids is 1. The van der Waals surface area contributed by atoms with Gasteiger partial charge in [-0.25, -0.2) is 4.79 Å². The molecule has 0 aliphatic carbocycles. The predicted molar refractivity (Wildman–Crippen MR) is 104 cm³/mol. The van der Waals surface area contributed by atoms with E-state index in [9.17, 15) is 4.79 Å². The van der Waals surface area contributed by atoms with Crippen LogP contribution in [0.3, 0.4) is 0 Å². The highest BCUT2D eigenvalue weighted by atomic mass is 35.5. The number of carboxylic acids is 1. The van der Waals surface area contributed by atoms with E-state index in [0.717, 1.165) is 12.0 Å². The average Bonchev–Trinajstić information content (AvgIpc) is 2.60. The molecule has 0 radical (unpaired) electrons. The monoisotopic (exact) mass is 397 g/mol. The number of nitrogens with one attached hydrogen (secondary N) is 1. The van der Waals surface area contributed by atoms with Crippen molar-refractivity contribution in [1.29, 1.82) is 0 Å². The maximum absolute atomic E-state index is 11.1. The molecule has 0 aromatic heterocycles. The zero-order chi connectivity index (χ0) is 19.1. The fraction of sp³-hybridized carbons (Fsp3) is 0.316. The molecule has 0 saturated heterocycles. The first kappa shape index (κ1) is 20.2. The minimum absolute atomic E-state index is 0.160. The molecule has 0 atom stereocenters. The summed E-state index contributed by atoms with van der Waals surface area (Å²) in [5.74, 6) is 0.101. The van der Waals surface area contributed by atoms with E-state index < -0.39 is 5.97 Å². The zero-order valence-corrected chi connectivity index (χ0v) is 16.2. The zero-order valence-electron chi connectivity index (χ0n) is 14.6. The third-order valence-electron chi connectivity index (χ3n) is 3.52. The molecule has 140 valence electrons. The van der Waals surface area contributed by atoms with Crippen LogP contribution >= 0.6 is 23.2 Å². The Morgan fingerprint density at radius 3 is 2.54 bits per heavy atom. The molecule has 2 aromatic carbocycles. The molecule has 0 heterocycles. The first-order valence-corrected chi connectivity index (χ1v) is 9.06. The molecular formula is C19H21Cl2NO4. The lowest BCUT2D eigenvalue weighted by Crippen LogP contribution is -2.05. The van der Waals surface area contributed by atoms with E-state index in [4.69, 9.17) is 37.8 Å². The Morgan fingerprint density at radius 1 is 1.12 bits per heavy atom. The van der Waals surface area contributed by atoms with Crippen molar-refractivity contribution in [2.45, 2.75) is 26.8 Å². The minimum atomic E-state index is -1.01. The van der Waals surface area contributed by atoms with Crippen LogP contribution in [-0.4, -0.2) is 24.3 Å². The second-order valence-electron chi connectivity index (χ2n) is 5.54. The standard InChI is InChI=1S/C19H21Cl2NO4/c1-3-7-26-18-15(21)8-12(9-17(18)25-4-2)11-22-16-10-13(19(23)24)5-6-14(16)20/h5-6,8-10,22H,3-4,7,11H2,1-2H3,(H,23,24). The Hall–Kier alpha value is -2.11. The van der Waals surface area contributed by atoms with Crippen LogP contribution in [0, 0.1) is 0 Å². The summed E-state index contributed by atoms with van der Waals surface area (Å²) in [5.41, 5.74) is 1.55. The van der Waals surface area contributed by atoms with Crippen molar-refractivity contribution in [2.75, 3.05) is 18.5 Å². The van der Waals surface area contributed by atoms with E-state index in [-0.39, 0.29) is 5.56 Å². The van der Waals surface area contributed by atoms with E-state index in [2.05, 4.69) is 5.32 Å². The molecule has 0 amide bonds. The van der Waals surface area contributed by atoms with Crippen LogP contribution in [0.4, 0.5) is 5.69 Å². The summed E-state index contributed by atoms with van der Waals surface area (Å²) in [6.45, 7) is 5.34. The Balaban J connectivity index is 2.22. The van der Waals surface area contributed by atoms with Crippen molar-refractivity contribution < 1.29 is 19.4 Å². The number of hydrogen-bond donors (Lipinski definition) is 2. The molecule has 0 unspecified atom stereocenters. The molecule has 2 aromatic rings. The number of anilines is 1. The quantitative estimate of drug-likeness (QED) is 0.585. The van der Waals surface area contributed by atoms with Crippen molar-refractivity contribution in [2.24, 2.45) is 0 Å². The highest BCUT2D eigenvalue weighted by Crippen LogP contribution is 2.37. The fourth-order valence-electron chi connectivity index (χ4n) is 2.32. The molecule has 5 nitrogen and oxygen atoms in total. The van der Waals surface area contributed by atoms with Gasteiger partial charge in [-0.2, -0.15) is 0 Å². The molecule has 0 saturated carbocycles. The maximum atomic E-state index is 11.1. The molecule has 0 fully saturated rings. The van der Waals surface area contributed by atoms with Gasteiger partial charge < -0.3 is 19.9 Å². The number of carbonyl (C=O) groups is 1. The van der Waals surface area contributed by atoms with Crippen molar-refractivity contribution in [3.05, 3.63) is 51.5 Å². The second kappa shape index (κ2) is 9.55. The van der Waals surface area contributed by atoms with Gasteiger partial charge in [-0.15, -0.1) is 0 Å². The van der Waals surface area contributed by atoms with Crippen molar-refractivity contribution in [1.82, 2.24) is 0 Å². The lowest BCUT2D eigenvalue weighted by molar-refractivity contribution is 0.0697. The third kappa shape index (κ3) is 5.19. The van der Waals surface area contributed by atoms with Gasteiger partial charge in [-0.05, 0) is 49.2 Å². The van der Waals surface area contributed by atoms with Crippen LogP contribution in [0.25, 0.3) is 0 Å². The van der Waals surface area contributed by atoms with Crippen LogP contribution in [0.5, 0.6) is 11.5 Å². The van der Waals surface area contributed by atoms with Crippen LogP contribution in [0.1, 0.15) is 36.2 Å².